The van der Waals surface area contributed by atoms with Crippen molar-refractivity contribution in [2.24, 2.45) is 0 Å². The van der Waals surface area contributed by atoms with Crippen LogP contribution >= 0.6 is 0 Å². The predicted molar refractivity (Wildman–Crippen MR) is 107 cm³/mol. The van der Waals surface area contributed by atoms with Gasteiger partial charge in [-0.2, -0.15) is 0 Å². The van der Waals surface area contributed by atoms with Crippen molar-refractivity contribution >= 4 is 27.6 Å². The van der Waals surface area contributed by atoms with Gasteiger partial charge >= 0.3 is 5.97 Å². The van der Waals surface area contributed by atoms with Crippen LogP contribution in [0.15, 0.2) is 53.4 Å². The number of amides is 1. The molecule has 0 aliphatic carbocycles. The predicted octanol–water partition coefficient (Wildman–Crippen LogP) is 3.19. The first-order chi connectivity index (χ1) is 13.3. The molecular weight excluding hydrogens is 380 g/mol. The number of esters is 1. The van der Waals surface area contributed by atoms with E-state index in [9.17, 15) is 18.0 Å². The van der Waals surface area contributed by atoms with Crippen molar-refractivity contribution in [1.29, 1.82) is 0 Å². The van der Waals surface area contributed by atoms with Gasteiger partial charge in [0.1, 0.15) is 0 Å². The summed E-state index contributed by atoms with van der Waals surface area (Å²) in [5.74, 6) is -0.878. The summed E-state index contributed by atoms with van der Waals surface area (Å²) in [5, 5.41) is 2.82. The van der Waals surface area contributed by atoms with Gasteiger partial charge in [-0.3, -0.25) is 9.52 Å². The van der Waals surface area contributed by atoms with Gasteiger partial charge in [-0.05, 0) is 56.7 Å². The van der Waals surface area contributed by atoms with Crippen molar-refractivity contribution in [3.8, 4) is 0 Å². The number of sulfonamides is 1. The number of nitrogens with one attached hydrogen (secondary N) is 2. The molecule has 2 N–H and O–H groups in total. The van der Waals surface area contributed by atoms with Crippen molar-refractivity contribution in [2.75, 3.05) is 11.3 Å². The van der Waals surface area contributed by atoms with E-state index in [1.165, 1.54) is 30.3 Å². The van der Waals surface area contributed by atoms with Crippen LogP contribution in [0.3, 0.4) is 0 Å². The first-order valence-electron chi connectivity index (χ1n) is 8.98. The van der Waals surface area contributed by atoms with Crippen LogP contribution < -0.4 is 10.0 Å². The molecule has 2 rings (SSSR count). The SMILES string of the molecule is CCOC(=O)c1ccc(S(=O)(=O)Nc2ccccc2C(=O)N[C@@H](C)CC)cc1. The molecule has 0 fully saturated rings. The van der Waals surface area contributed by atoms with E-state index in [2.05, 4.69) is 10.0 Å². The Kier molecular flexibility index (Phi) is 7.17. The lowest BCUT2D eigenvalue weighted by Crippen LogP contribution is -2.32. The molecule has 2 aromatic carbocycles. The van der Waals surface area contributed by atoms with Crippen LogP contribution in [0.25, 0.3) is 0 Å². The highest BCUT2D eigenvalue weighted by Gasteiger charge is 2.20. The minimum absolute atomic E-state index is 0.0299. The highest BCUT2D eigenvalue weighted by Crippen LogP contribution is 2.21. The molecule has 0 radical (unpaired) electrons. The fourth-order valence-corrected chi connectivity index (χ4v) is 3.44. The molecule has 150 valence electrons. The van der Waals surface area contributed by atoms with E-state index in [-0.39, 0.29) is 40.3 Å². The summed E-state index contributed by atoms with van der Waals surface area (Å²) < 4.78 is 32.7. The molecule has 0 bridgehead atoms. The Labute approximate surface area is 165 Å². The summed E-state index contributed by atoms with van der Waals surface area (Å²) >= 11 is 0. The molecule has 2 aromatic rings. The fraction of sp³-hybridized carbons (Fsp3) is 0.300. The van der Waals surface area contributed by atoms with Crippen LogP contribution in [0.2, 0.25) is 0 Å². The zero-order valence-corrected chi connectivity index (χ0v) is 16.9. The molecule has 0 spiro atoms. The third-order valence-corrected chi connectivity index (χ3v) is 5.46. The van der Waals surface area contributed by atoms with E-state index in [1.54, 1.807) is 25.1 Å². The van der Waals surface area contributed by atoms with Gasteiger partial charge in [0, 0.05) is 6.04 Å². The van der Waals surface area contributed by atoms with Gasteiger partial charge in [0.05, 0.1) is 28.3 Å². The highest BCUT2D eigenvalue weighted by atomic mass is 32.2. The van der Waals surface area contributed by atoms with Crippen molar-refractivity contribution in [1.82, 2.24) is 5.32 Å². The zero-order chi connectivity index (χ0) is 20.7. The molecule has 7 nitrogen and oxygen atoms in total. The summed E-state index contributed by atoms with van der Waals surface area (Å²) in [6.07, 6.45) is 0.756. The number of benzene rings is 2. The van der Waals surface area contributed by atoms with Crippen molar-refractivity contribution in [2.45, 2.75) is 38.1 Å². The van der Waals surface area contributed by atoms with Crippen LogP contribution in [0, 0.1) is 0 Å². The molecule has 1 atom stereocenters. The quantitative estimate of drug-likeness (QED) is 0.658. The van der Waals surface area contributed by atoms with Crippen LogP contribution in [-0.4, -0.2) is 32.9 Å². The maximum atomic E-state index is 12.7. The molecule has 0 aliphatic rings. The van der Waals surface area contributed by atoms with Crippen LogP contribution in [0.4, 0.5) is 5.69 Å². The number of carbonyl (C=O) groups is 2. The average molecular weight is 404 g/mol. The normalized spacial score (nSPS) is 12.1. The summed E-state index contributed by atoms with van der Waals surface area (Å²) in [4.78, 5) is 24.1. The van der Waals surface area contributed by atoms with Crippen molar-refractivity contribution in [3.05, 3.63) is 59.7 Å². The minimum atomic E-state index is -3.94. The van der Waals surface area contributed by atoms with E-state index in [0.717, 1.165) is 6.42 Å². The Morgan fingerprint density at radius 3 is 2.29 bits per heavy atom. The van der Waals surface area contributed by atoms with Gasteiger partial charge < -0.3 is 10.1 Å². The number of anilines is 1. The largest absolute Gasteiger partial charge is 0.462 e. The Morgan fingerprint density at radius 2 is 1.68 bits per heavy atom. The number of ether oxygens (including phenoxy) is 1. The Bertz CT molecular complexity index is 939. The van der Waals surface area contributed by atoms with Crippen LogP contribution in [0.5, 0.6) is 0 Å². The molecule has 0 aliphatic heterocycles. The third-order valence-electron chi connectivity index (χ3n) is 4.08. The lowest BCUT2D eigenvalue weighted by Gasteiger charge is -2.15. The second-order valence-corrected chi connectivity index (χ2v) is 7.86. The smallest absolute Gasteiger partial charge is 0.338 e. The van der Waals surface area contributed by atoms with Gasteiger partial charge in [-0.15, -0.1) is 0 Å². The van der Waals surface area contributed by atoms with Crippen LogP contribution in [0.1, 0.15) is 47.9 Å². The molecule has 0 heterocycles. The van der Waals surface area contributed by atoms with Gasteiger partial charge in [0.25, 0.3) is 15.9 Å². The molecule has 8 heteroatoms. The second-order valence-electron chi connectivity index (χ2n) is 6.18. The van der Waals surface area contributed by atoms with Crippen molar-refractivity contribution < 1.29 is 22.7 Å². The van der Waals surface area contributed by atoms with Gasteiger partial charge in [0.15, 0.2) is 0 Å². The van der Waals surface area contributed by atoms with Crippen molar-refractivity contribution in [3.63, 3.8) is 0 Å². The van der Waals surface area contributed by atoms with Gasteiger partial charge in [-0.25, -0.2) is 13.2 Å². The topological polar surface area (TPSA) is 102 Å². The number of carbonyl (C=O) groups excluding carboxylic acids is 2. The number of hydrogen-bond donors (Lipinski definition) is 2. The van der Waals surface area contributed by atoms with E-state index in [1.807, 2.05) is 13.8 Å². The zero-order valence-electron chi connectivity index (χ0n) is 16.1. The van der Waals surface area contributed by atoms with E-state index >= 15 is 0 Å². The van der Waals surface area contributed by atoms with E-state index < -0.39 is 16.0 Å². The van der Waals surface area contributed by atoms with Gasteiger partial charge in [-0.1, -0.05) is 19.1 Å². The van der Waals surface area contributed by atoms with Gasteiger partial charge in [0.2, 0.25) is 0 Å². The first kappa shape index (κ1) is 21.4. The molecule has 0 saturated carbocycles. The Morgan fingerprint density at radius 1 is 1.04 bits per heavy atom. The monoisotopic (exact) mass is 404 g/mol. The highest BCUT2D eigenvalue weighted by molar-refractivity contribution is 7.92. The Balaban J connectivity index is 2.25. The summed E-state index contributed by atoms with van der Waals surface area (Å²) in [6.45, 7) is 5.74. The lowest BCUT2D eigenvalue weighted by atomic mass is 10.1. The maximum absolute atomic E-state index is 12.7. The molecule has 0 aromatic heterocycles. The maximum Gasteiger partial charge on any atom is 0.338 e. The standard InChI is InChI=1S/C20H24N2O5S/c1-4-14(3)21-19(23)17-8-6-7-9-18(17)22-28(25,26)16-12-10-15(11-13-16)20(24)27-5-2/h6-14,22H,4-5H2,1-3H3,(H,21,23)/t14-/m0/s1. The summed E-state index contributed by atoms with van der Waals surface area (Å²) in [7, 11) is -3.94. The Hall–Kier alpha value is -2.87. The molecular formula is C20H24N2O5S. The average Bonchev–Trinajstić information content (AvgIpc) is 2.68. The summed E-state index contributed by atoms with van der Waals surface area (Å²) in [6, 6.07) is 11.7. The fourth-order valence-electron chi connectivity index (χ4n) is 2.36. The number of rotatable bonds is 8. The minimum Gasteiger partial charge on any atom is -0.462 e. The number of para-hydroxylation sites is 1. The van der Waals surface area contributed by atoms with Crippen LogP contribution in [-0.2, 0) is 14.8 Å². The second kappa shape index (κ2) is 9.36. The summed E-state index contributed by atoms with van der Waals surface area (Å²) in [5.41, 5.74) is 0.668. The molecule has 1 amide bonds. The van der Waals surface area contributed by atoms with E-state index in [0.29, 0.717) is 0 Å². The molecule has 0 saturated heterocycles. The third kappa shape index (κ3) is 5.32. The molecule has 28 heavy (non-hydrogen) atoms. The van der Waals surface area contributed by atoms with E-state index in [4.69, 9.17) is 4.74 Å². The first-order valence-corrected chi connectivity index (χ1v) is 10.5. The number of hydrogen-bond acceptors (Lipinski definition) is 5. The molecule has 0 unspecified atom stereocenters. The lowest BCUT2D eigenvalue weighted by molar-refractivity contribution is 0.0526.